The summed E-state index contributed by atoms with van der Waals surface area (Å²) >= 11 is 0. The molecular weight excluding hydrogens is 258 g/mol. The minimum absolute atomic E-state index is 0.0460. The molecule has 6 nitrogen and oxygen atoms in total. The van der Waals surface area contributed by atoms with Gasteiger partial charge in [0, 0.05) is 30.8 Å². The van der Waals surface area contributed by atoms with Gasteiger partial charge in [0.15, 0.2) is 0 Å². The molecule has 112 valence electrons. The highest BCUT2D eigenvalue weighted by atomic mass is 16.6. The molecule has 6 heteroatoms. The first-order valence-corrected chi connectivity index (χ1v) is 6.87. The fourth-order valence-electron chi connectivity index (χ4n) is 2.02. The van der Waals surface area contributed by atoms with Gasteiger partial charge in [-0.25, -0.2) is 0 Å². The molecule has 1 aromatic carbocycles. The zero-order chi connectivity index (χ0) is 15.0. The largest absolute Gasteiger partial charge is 0.496 e. The standard InChI is InChI=1S/C14H23N3O3/c1-4-12(16-5-2)10-15-9-11-6-7-13(17(18)19)8-14(11)20-3/h6-8,12,15-16H,4-5,9-10H2,1-3H3. The van der Waals surface area contributed by atoms with E-state index in [4.69, 9.17) is 4.74 Å². The Morgan fingerprint density at radius 2 is 2.15 bits per heavy atom. The summed E-state index contributed by atoms with van der Waals surface area (Å²) in [6.45, 7) is 6.65. The summed E-state index contributed by atoms with van der Waals surface area (Å²) in [5.41, 5.74) is 0.967. The predicted molar refractivity (Wildman–Crippen MR) is 79.1 cm³/mol. The molecular formula is C14H23N3O3. The van der Waals surface area contributed by atoms with Crippen LogP contribution in [0.15, 0.2) is 18.2 Å². The van der Waals surface area contributed by atoms with Gasteiger partial charge in [0.05, 0.1) is 18.1 Å². The van der Waals surface area contributed by atoms with Crippen LogP contribution in [0, 0.1) is 10.1 Å². The highest BCUT2D eigenvalue weighted by Crippen LogP contribution is 2.24. The van der Waals surface area contributed by atoms with Crippen molar-refractivity contribution < 1.29 is 9.66 Å². The minimum Gasteiger partial charge on any atom is -0.496 e. The van der Waals surface area contributed by atoms with E-state index >= 15 is 0 Å². The van der Waals surface area contributed by atoms with Crippen LogP contribution >= 0.6 is 0 Å². The van der Waals surface area contributed by atoms with Crippen molar-refractivity contribution in [3.63, 3.8) is 0 Å². The topological polar surface area (TPSA) is 76.4 Å². The molecule has 0 saturated heterocycles. The number of likely N-dealkylation sites (N-methyl/N-ethyl adjacent to an activating group) is 1. The SMILES string of the molecule is CCNC(CC)CNCc1ccc([N+](=O)[O-])cc1OC. The molecule has 0 aromatic heterocycles. The number of hydrogen-bond donors (Lipinski definition) is 2. The minimum atomic E-state index is -0.419. The molecule has 0 heterocycles. The molecule has 20 heavy (non-hydrogen) atoms. The van der Waals surface area contributed by atoms with E-state index in [9.17, 15) is 10.1 Å². The molecule has 1 rings (SSSR count). The zero-order valence-electron chi connectivity index (χ0n) is 12.3. The molecule has 0 spiro atoms. The van der Waals surface area contributed by atoms with E-state index in [2.05, 4.69) is 24.5 Å². The van der Waals surface area contributed by atoms with Crippen molar-refractivity contribution in [2.24, 2.45) is 0 Å². The van der Waals surface area contributed by atoms with Crippen LogP contribution in [-0.2, 0) is 6.54 Å². The van der Waals surface area contributed by atoms with Crippen molar-refractivity contribution >= 4 is 5.69 Å². The number of hydrogen-bond acceptors (Lipinski definition) is 5. The molecule has 2 N–H and O–H groups in total. The number of methoxy groups -OCH3 is 1. The quantitative estimate of drug-likeness (QED) is 0.535. The van der Waals surface area contributed by atoms with Crippen LogP contribution in [0.3, 0.4) is 0 Å². The van der Waals surface area contributed by atoms with E-state index < -0.39 is 4.92 Å². The maximum absolute atomic E-state index is 10.7. The third kappa shape index (κ3) is 4.79. The van der Waals surface area contributed by atoms with E-state index in [-0.39, 0.29) is 5.69 Å². The molecule has 0 saturated carbocycles. The van der Waals surface area contributed by atoms with E-state index in [1.54, 1.807) is 6.07 Å². The van der Waals surface area contributed by atoms with Crippen molar-refractivity contribution in [3.05, 3.63) is 33.9 Å². The van der Waals surface area contributed by atoms with Crippen molar-refractivity contribution in [1.82, 2.24) is 10.6 Å². The number of benzene rings is 1. The van der Waals surface area contributed by atoms with E-state index in [0.717, 1.165) is 25.1 Å². The number of ether oxygens (including phenoxy) is 1. The molecule has 0 bridgehead atoms. The van der Waals surface area contributed by atoms with Crippen LogP contribution in [0.2, 0.25) is 0 Å². The Bertz CT molecular complexity index is 438. The van der Waals surface area contributed by atoms with Gasteiger partial charge in [-0.3, -0.25) is 10.1 Å². The van der Waals surface area contributed by atoms with Gasteiger partial charge in [-0.15, -0.1) is 0 Å². The molecule has 1 unspecified atom stereocenters. The first-order valence-electron chi connectivity index (χ1n) is 6.87. The smallest absolute Gasteiger partial charge is 0.273 e. The summed E-state index contributed by atoms with van der Waals surface area (Å²) in [7, 11) is 1.52. The number of nitrogens with one attached hydrogen (secondary N) is 2. The van der Waals surface area contributed by atoms with Crippen LogP contribution in [0.5, 0.6) is 5.75 Å². The second-order valence-electron chi connectivity index (χ2n) is 4.55. The molecule has 1 aromatic rings. The van der Waals surface area contributed by atoms with Gasteiger partial charge in [0.25, 0.3) is 5.69 Å². The van der Waals surface area contributed by atoms with Crippen molar-refractivity contribution in [2.75, 3.05) is 20.2 Å². The lowest BCUT2D eigenvalue weighted by molar-refractivity contribution is -0.384. The molecule has 0 fully saturated rings. The van der Waals surface area contributed by atoms with E-state index in [0.29, 0.717) is 18.3 Å². The van der Waals surface area contributed by atoms with Crippen molar-refractivity contribution in [1.29, 1.82) is 0 Å². The van der Waals surface area contributed by atoms with Gasteiger partial charge < -0.3 is 15.4 Å². The molecule has 0 amide bonds. The summed E-state index contributed by atoms with van der Waals surface area (Å²) in [5, 5.41) is 17.5. The second-order valence-corrected chi connectivity index (χ2v) is 4.55. The number of nitrogens with zero attached hydrogens (tertiary/aromatic N) is 1. The third-order valence-corrected chi connectivity index (χ3v) is 3.17. The second kappa shape index (κ2) is 8.50. The molecule has 0 aliphatic rings. The number of nitro groups is 1. The molecule has 0 aliphatic heterocycles. The fourth-order valence-corrected chi connectivity index (χ4v) is 2.02. The van der Waals surface area contributed by atoms with Crippen LogP contribution in [0.1, 0.15) is 25.8 Å². The number of nitro benzene ring substituents is 1. The predicted octanol–water partition coefficient (Wildman–Crippen LogP) is 2.08. The van der Waals surface area contributed by atoms with E-state index in [1.165, 1.54) is 19.2 Å². The Balaban J connectivity index is 2.61. The molecule has 0 radical (unpaired) electrons. The Labute approximate surface area is 119 Å². The summed E-state index contributed by atoms with van der Waals surface area (Å²) in [4.78, 5) is 10.3. The van der Waals surface area contributed by atoms with Crippen molar-refractivity contribution in [2.45, 2.75) is 32.9 Å². The van der Waals surface area contributed by atoms with E-state index in [1.807, 2.05) is 0 Å². The third-order valence-electron chi connectivity index (χ3n) is 3.17. The Morgan fingerprint density at radius 3 is 2.70 bits per heavy atom. The van der Waals surface area contributed by atoms with Crippen LogP contribution in [0.4, 0.5) is 5.69 Å². The average Bonchev–Trinajstić information content (AvgIpc) is 2.46. The first-order chi connectivity index (χ1) is 9.62. The summed E-state index contributed by atoms with van der Waals surface area (Å²) in [6, 6.07) is 5.13. The number of non-ortho nitro benzene ring substituents is 1. The number of rotatable bonds is 9. The molecule has 1 atom stereocenters. The lowest BCUT2D eigenvalue weighted by atomic mass is 10.1. The zero-order valence-corrected chi connectivity index (χ0v) is 12.3. The lowest BCUT2D eigenvalue weighted by Gasteiger charge is -2.17. The lowest BCUT2D eigenvalue weighted by Crippen LogP contribution is -2.37. The Hall–Kier alpha value is -1.66. The fraction of sp³-hybridized carbons (Fsp3) is 0.571. The highest BCUT2D eigenvalue weighted by Gasteiger charge is 2.11. The van der Waals surface area contributed by atoms with Gasteiger partial charge in [0.2, 0.25) is 0 Å². The summed E-state index contributed by atoms with van der Waals surface area (Å²) in [5.74, 6) is 0.545. The van der Waals surface area contributed by atoms with Crippen molar-refractivity contribution in [3.8, 4) is 5.75 Å². The van der Waals surface area contributed by atoms with Crippen LogP contribution in [-0.4, -0.2) is 31.2 Å². The van der Waals surface area contributed by atoms with Crippen LogP contribution < -0.4 is 15.4 Å². The maximum Gasteiger partial charge on any atom is 0.273 e. The van der Waals surface area contributed by atoms with Gasteiger partial charge in [-0.2, -0.15) is 0 Å². The average molecular weight is 281 g/mol. The van der Waals surface area contributed by atoms with Gasteiger partial charge >= 0.3 is 0 Å². The normalized spacial score (nSPS) is 12.2. The maximum atomic E-state index is 10.7. The summed E-state index contributed by atoms with van der Waals surface area (Å²) in [6.07, 6.45) is 1.05. The first kappa shape index (κ1) is 16.4. The van der Waals surface area contributed by atoms with Gasteiger partial charge in [0.1, 0.15) is 5.75 Å². The van der Waals surface area contributed by atoms with Gasteiger partial charge in [-0.05, 0) is 19.0 Å². The summed E-state index contributed by atoms with van der Waals surface area (Å²) < 4.78 is 5.21. The van der Waals surface area contributed by atoms with Gasteiger partial charge in [-0.1, -0.05) is 13.8 Å². The van der Waals surface area contributed by atoms with Crippen LogP contribution in [0.25, 0.3) is 0 Å². The highest BCUT2D eigenvalue weighted by molar-refractivity contribution is 5.44. The monoisotopic (exact) mass is 281 g/mol. The molecule has 0 aliphatic carbocycles. The Kier molecular flexibility index (Phi) is 6.97. The Morgan fingerprint density at radius 1 is 1.40 bits per heavy atom.